The molecule has 2 heterocycles. The average Bonchev–Trinajstić information content (AvgIpc) is 3.65. The zero-order chi connectivity index (χ0) is 22.8. The van der Waals surface area contributed by atoms with E-state index in [2.05, 4.69) is 39.2 Å². The molecular weight excluding hydrogens is 450 g/mol. The highest BCUT2D eigenvalue weighted by atomic mass is 32.2. The van der Waals surface area contributed by atoms with Gasteiger partial charge in [0.25, 0.3) is 0 Å². The van der Waals surface area contributed by atoms with Gasteiger partial charge in [0.2, 0.25) is 5.91 Å². The van der Waals surface area contributed by atoms with Gasteiger partial charge in [0.05, 0.1) is 16.7 Å². The molecule has 0 N–H and O–H groups in total. The van der Waals surface area contributed by atoms with Crippen LogP contribution < -0.4 is 4.90 Å². The fraction of sp³-hybridized carbons (Fsp3) is 0.440. The number of carbonyl (C=O) groups is 1. The highest BCUT2D eigenvalue weighted by Crippen LogP contribution is 2.53. The molecule has 6 nitrogen and oxygen atoms in total. The van der Waals surface area contributed by atoms with E-state index in [4.69, 9.17) is 0 Å². The van der Waals surface area contributed by atoms with E-state index < -0.39 is 0 Å². The topological polar surface area (TPSA) is 74.8 Å². The maximum absolute atomic E-state index is 13.1. The summed E-state index contributed by atoms with van der Waals surface area (Å²) in [6.45, 7) is 2.32. The lowest BCUT2D eigenvalue weighted by Crippen LogP contribution is -2.33. The normalized spacial score (nSPS) is 22.2. The summed E-state index contributed by atoms with van der Waals surface area (Å²) in [6.07, 6.45) is 5.34. The smallest absolute Gasteiger partial charge is 0.238 e. The lowest BCUT2D eigenvalue weighted by molar-refractivity contribution is -0.116. The molecule has 2 aromatic heterocycles. The number of hydrogen-bond donors (Lipinski definition) is 0. The molecule has 2 saturated carbocycles. The van der Waals surface area contributed by atoms with Crippen molar-refractivity contribution in [3.63, 3.8) is 0 Å². The predicted octanol–water partition coefficient (Wildman–Crippen LogP) is 5.65. The van der Waals surface area contributed by atoms with Crippen molar-refractivity contribution in [3.8, 4) is 16.8 Å². The number of thiophene rings is 1. The quantitative estimate of drug-likeness (QED) is 0.309. The van der Waals surface area contributed by atoms with Crippen molar-refractivity contribution in [1.29, 1.82) is 5.26 Å². The first kappa shape index (κ1) is 22.2. The van der Waals surface area contributed by atoms with E-state index in [1.54, 1.807) is 11.3 Å². The van der Waals surface area contributed by atoms with Crippen LogP contribution in [0.25, 0.3) is 10.7 Å². The second-order valence-corrected chi connectivity index (χ2v) is 10.9. The van der Waals surface area contributed by atoms with E-state index >= 15 is 0 Å². The van der Waals surface area contributed by atoms with Crippen LogP contribution in [0, 0.1) is 29.1 Å². The van der Waals surface area contributed by atoms with Gasteiger partial charge in [-0.1, -0.05) is 42.4 Å². The minimum atomic E-state index is -0.104. The number of nitrogens with zero attached hydrogens (tertiary/aromatic N) is 5. The molecule has 33 heavy (non-hydrogen) atoms. The van der Waals surface area contributed by atoms with E-state index in [0.717, 1.165) is 33.4 Å². The first-order valence-corrected chi connectivity index (χ1v) is 13.4. The molecule has 5 rings (SSSR count). The molecule has 4 atom stereocenters. The molecular formula is C25H27N5OS2. The number of thioether (sulfide) groups is 1. The summed E-state index contributed by atoms with van der Waals surface area (Å²) in [7, 11) is 0. The maximum atomic E-state index is 13.1. The summed E-state index contributed by atoms with van der Waals surface area (Å²) >= 11 is 3.09. The molecule has 0 spiro atoms. The fourth-order valence-electron chi connectivity index (χ4n) is 5.60. The van der Waals surface area contributed by atoms with Crippen LogP contribution in [-0.2, 0) is 4.79 Å². The van der Waals surface area contributed by atoms with Gasteiger partial charge >= 0.3 is 0 Å². The van der Waals surface area contributed by atoms with Gasteiger partial charge in [-0.05, 0) is 67.5 Å². The number of rotatable bonds is 8. The average molecular weight is 478 g/mol. The lowest BCUT2D eigenvalue weighted by atomic mass is 9.84. The van der Waals surface area contributed by atoms with Crippen LogP contribution in [-0.4, -0.2) is 33.0 Å². The summed E-state index contributed by atoms with van der Waals surface area (Å²) < 4.78 is 2.27. The Kier molecular flexibility index (Phi) is 6.52. The monoisotopic (exact) mass is 477 g/mol. The fourth-order valence-corrected chi connectivity index (χ4v) is 7.20. The molecule has 2 fully saturated rings. The van der Waals surface area contributed by atoms with Crippen molar-refractivity contribution in [2.24, 2.45) is 17.8 Å². The second kappa shape index (κ2) is 9.70. The Balaban J connectivity index is 1.39. The Hall–Kier alpha value is -2.63. The van der Waals surface area contributed by atoms with Crippen LogP contribution in [0.2, 0.25) is 0 Å². The van der Waals surface area contributed by atoms with Gasteiger partial charge < -0.3 is 0 Å². The molecule has 2 aliphatic carbocycles. The van der Waals surface area contributed by atoms with Crippen LogP contribution in [0.1, 0.15) is 38.6 Å². The van der Waals surface area contributed by atoms with Gasteiger partial charge in [0.1, 0.15) is 6.54 Å². The first-order valence-electron chi connectivity index (χ1n) is 11.5. The van der Waals surface area contributed by atoms with Gasteiger partial charge in [-0.15, -0.1) is 21.5 Å². The highest BCUT2D eigenvalue weighted by Gasteiger charge is 2.43. The standard InChI is InChI=1S/C25H27N5OS2/c1-17(21-15-18-9-10-19(21)14-18)30-24(22-8-5-13-32-22)27-28-25(30)33-16-23(31)29(12-11-26)20-6-3-2-4-7-20/h2-8,13,17-19,21H,9-10,12,14-16H2,1H3. The number of benzene rings is 1. The number of anilines is 1. The lowest BCUT2D eigenvalue weighted by Gasteiger charge is -2.30. The molecule has 4 unspecified atom stereocenters. The van der Waals surface area contributed by atoms with Gasteiger partial charge in [0.15, 0.2) is 11.0 Å². The Labute approximate surface area is 202 Å². The molecule has 1 aromatic carbocycles. The van der Waals surface area contributed by atoms with Crippen molar-refractivity contribution >= 4 is 34.7 Å². The van der Waals surface area contributed by atoms with Crippen LogP contribution in [0.5, 0.6) is 0 Å². The van der Waals surface area contributed by atoms with Crippen molar-refractivity contribution in [2.45, 2.75) is 43.8 Å². The second-order valence-electron chi connectivity index (χ2n) is 9.00. The van der Waals surface area contributed by atoms with Crippen molar-refractivity contribution in [3.05, 3.63) is 47.8 Å². The molecule has 170 valence electrons. The van der Waals surface area contributed by atoms with Gasteiger partial charge in [-0.2, -0.15) is 5.26 Å². The summed E-state index contributed by atoms with van der Waals surface area (Å²) in [6, 6.07) is 15.9. The maximum Gasteiger partial charge on any atom is 0.238 e. The van der Waals surface area contributed by atoms with E-state index in [0.29, 0.717) is 5.92 Å². The number of para-hydroxylation sites is 1. The summed E-state index contributed by atoms with van der Waals surface area (Å²) in [5, 5.41) is 21.2. The summed E-state index contributed by atoms with van der Waals surface area (Å²) in [4.78, 5) is 15.7. The highest BCUT2D eigenvalue weighted by molar-refractivity contribution is 7.99. The number of fused-ring (bicyclic) bond motifs is 2. The van der Waals surface area contributed by atoms with Gasteiger partial charge in [0, 0.05) is 11.7 Å². The van der Waals surface area contributed by atoms with E-state index in [9.17, 15) is 10.1 Å². The van der Waals surface area contributed by atoms with Gasteiger partial charge in [-0.3, -0.25) is 14.3 Å². The van der Waals surface area contributed by atoms with Crippen molar-refractivity contribution in [2.75, 3.05) is 17.2 Å². The molecule has 8 heteroatoms. The molecule has 2 bridgehead atoms. The number of amides is 1. The van der Waals surface area contributed by atoms with Crippen LogP contribution in [0.3, 0.4) is 0 Å². The number of carbonyl (C=O) groups excluding carboxylic acids is 1. The zero-order valence-electron chi connectivity index (χ0n) is 18.6. The van der Waals surface area contributed by atoms with E-state index in [1.807, 2.05) is 36.4 Å². The van der Waals surface area contributed by atoms with E-state index in [1.165, 1.54) is 42.3 Å². The minimum absolute atomic E-state index is 0.0259. The third-order valence-electron chi connectivity index (χ3n) is 7.15. The van der Waals surface area contributed by atoms with Gasteiger partial charge in [-0.25, -0.2) is 0 Å². The Morgan fingerprint density at radius 2 is 2.09 bits per heavy atom. The third kappa shape index (κ3) is 4.44. The van der Waals surface area contributed by atoms with Crippen molar-refractivity contribution in [1.82, 2.24) is 14.8 Å². The summed E-state index contributed by atoms with van der Waals surface area (Å²) in [5.74, 6) is 3.29. The van der Waals surface area contributed by atoms with E-state index in [-0.39, 0.29) is 24.2 Å². The molecule has 3 aromatic rings. The number of aromatic nitrogens is 3. The molecule has 0 radical (unpaired) electrons. The van der Waals surface area contributed by atoms with Crippen LogP contribution in [0.4, 0.5) is 5.69 Å². The SMILES string of the molecule is CC(C1CC2CCC1C2)n1c(SCC(=O)N(CC#N)c2ccccc2)nnc1-c1cccs1. The Morgan fingerprint density at radius 1 is 1.24 bits per heavy atom. The number of hydrogen-bond acceptors (Lipinski definition) is 6. The summed E-state index contributed by atoms with van der Waals surface area (Å²) in [5.41, 5.74) is 0.737. The zero-order valence-corrected chi connectivity index (χ0v) is 20.3. The van der Waals surface area contributed by atoms with Crippen LogP contribution >= 0.6 is 23.1 Å². The van der Waals surface area contributed by atoms with Crippen molar-refractivity contribution < 1.29 is 4.79 Å². The molecule has 0 saturated heterocycles. The molecule has 1 amide bonds. The molecule has 2 aliphatic rings. The Bertz CT molecular complexity index is 1140. The number of nitriles is 1. The Morgan fingerprint density at radius 3 is 2.76 bits per heavy atom. The van der Waals surface area contributed by atoms with Crippen LogP contribution in [0.15, 0.2) is 53.0 Å². The third-order valence-corrected chi connectivity index (χ3v) is 8.94. The predicted molar refractivity (Wildman–Crippen MR) is 132 cm³/mol. The molecule has 0 aliphatic heterocycles. The largest absolute Gasteiger partial charge is 0.298 e. The minimum Gasteiger partial charge on any atom is -0.298 e. The first-order chi connectivity index (χ1) is 16.2.